The van der Waals surface area contributed by atoms with Crippen LogP contribution in [0.15, 0.2) is 336 Å². The van der Waals surface area contributed by atoms with Gasteiger partial charge in [0.25, 0.3) is 22.2 Å². The highest BCUT2D eigenvalue weighted by Gasteiger charge is 2.19. The van der Waals surface area contributed by atoms with Crippen molar-refractivity contribution >= 4 is 109 Å². The van der Waals surface area contributed by atoms with E-state index in [1.165, 1.54) is 36.7 Å². The van der Waals surface area contributed by atoms with Crippen molar-refractivity contribution in [3.8, 4) is 67.3 Å². The fourth-order valence-electron chi connectivity index (χ4n) is 15.2. The summed E-state index contributed by atoms with van der Waals surface area (Å²) in [6, 6.07) is 70.8. The van der Waals surface area contributed by atoms with E-state index < -0.39 is 11.9 Å². The Morgan fingerprint density at radius 2 is 0.542 bits per heavy atom. The number of hydrogen-bond donors (Lipinski definition) is 0. The van der Waals surface area contributed by atoms with Crippen LogP contribution in [0.5, 0.6) is 0 Å². The van der Waals surface area contributed by atoms with Crippen molar-refractivity contribution in [2.24, 2.45) is 14.1 Å². The van der Waals surface area contributed by atoms with E-state index in [2.05, 4.69) is 90.4 Å². The molecule has 0 amide bonds. The fraction of sp³-hybridized carbons (Fsp3) is 0.0417. The van der Waals surface area contributed by atoms with Crippen LogP contribution in [-0.4, -0.2) is 87.7 Å². The van der Waals surface area contributed by atoms with E-state index in [0.717, 1.165) is 165 Å². The summed E-state index contributed by atoms with van der Waals surface area (Å²) >= 11 is 0. The van der Waals surface area contributed by atoms with Crippen molar-refractivity contribution in [1.29, 1.82) is 0 Å². The first-order chi connectivity index (χ1) is 58.5. The summed E-state index contributed by atoms with van der Waals surface area (Å²) in [5.74, 6) is -1.19. The first kappa shape index (κ1) is 73.7. The number of para-hydroxylation sites is 2. The van der Waals surface area contributed by atoms with E-state index in [1.807, 2.05) is 205 Å². The Morgan fingerprint density at radius 3 is 0.833 bits per heavy atom. The second kappa shape index (κ2) is 30.7. The van der Waals surface area contributed by atoms with E-state index in [9.17, 15) is 28.0 Å². The maximum absolute atomic E-state index is 13.4. The van der Waals surface area contributed by atoms with Crippen LogP contribution in [0.3, 0.4) is 0 Å². The first-order valence-electron chi connectivity index (χ1n) is 38.1. The lowest BCUT2D eigenvalue weighted by Gasteiger charge is -2.13. The van der Waals surface area contributed by atoms with Crippen molar-refractivity contribution in [1.82, 2.24) is 87.7 Å². The zero-order chi connectivity index (χ0) is 81.8. The van der Waals surface area contributed by atoms with Crippen LogP contribution < -0.4 is 22.2 Å². The molecule has 576 valence electrons. The summed E-state index contributed by atoms with van der Waals surface area (Å²) < 4.78 is 36.7. The smallest absolute Gasteiger partial charge is 0.255 e. The number of benzene rings is 6. The van der Waals surface area contributed by atoms with Crippen LogP contribution in [0.1, 0.15) is 11.4 Å². The van der Waals surface area contributed by atoms with Gasteiger partial charge < -0.3 is 0 Å². The number of fused-ring (bicyclic) bond motifs is 14. The lowest BCUT2D eigenvalue weighted by Crippen LogP contribution is -2.18. The van der Waals surface area contributed by atoms with Gasteiger partial charge in [-0.15, -0.1) is 0 Å². The Balaban J connectivity index is 0.000000106. The average molecular weight is 1570 g/mol. The summed E-state index contributed by atoms with van der Waals surface area (Å²) in [6.45, 7) is 3.86. The second-order valence-electron chi connectivity index (χ2n) is 28.8. The van der Waals surface area contributed by atoms with Crippen molar-refractivity contribution < 1.29 is 8.78 Å². The number of aromatic nitrogens is 18. The molecule has 0 saturated carbocycles. The van der Waals surface area contributed by atoms with Crippen LogP contribution >= 0.6 is 0 Å². The molecular weight excluding hydrogens is 1510 g/mol. The minimum absolute atomic E-state index is 0.0996. The van der Waals surface area contributed by atoms with Crippen LogP contribution in [0.4, 0.5) is 8.78 Å². The number of nitrogens with zero attached hydrogens (tertiary/aromatic N) is 18. The van der Waals surface area contributed by atoms with Gasteiger partial charge in [-0.3, -0.25) is 86.7 Å². The highest BCUT2D eigenvalue weighted by molar-refractivity contribution is 6.09. The van der Waals surface area contributed by atoms with E-state index in [-0.39, 0.29) is 22.2 Å². The standard InChI is InChI=1S/C27H18N4O.C26H15FN4O.C22H17N5O.C21H14FN5O/c1-17-6-9-22(16-28-17)31-26(32)11-8-20-14-30-25-10-7-18(13-23(25)27(20)31)21-12-19-4-2-3-5-24(19)29-15-21;27-24-9-7-20(15-30-24)31-25(32)10-6-18-13-29-23-8-5-16(12-21(23)26(18)31)19-11-17-3-1-2-4-22(17)28-14-19;1-14-3-6-18(12-23-14)27-21(28)8-5-16-10-24-20-7-4-15(9-19(20)22(16)27)17-11-25-26(2)13-17;1-26-12-15(10-25-26)13-2-5-18-17(8-13)21-14(9-23-18)3-7-20(28)27(21)16-4-6-19(22)24-11-16/h2-16H,1H3;1-15H;3-13H,1-2H3;2-12H,1H3. The molecule has 0 saturated heterocycles. The Labute approximate surface area is 678 Å². The van der Waals surface area contributed by atoms with Crippen LogP contribution in [-0.2, 0) is 14.1 Å². The molecule has 6 aromatic carbocycles. The van der Waals surface area contributed by atoms with Gasteiger partial charge in [-0.05, 0) is 182 Å². The number of rotatable bonds is 8. The molecule has 16 heterocycles. The third-order valence-electron chi connectivity index (χ3n) is 21.0. The summed E-state index contributed by atoms with van der Waals surface area (Å²) in [5.41, 5.74) is 19.7. The highest BCUT2D eigenvalue weighted by Crippen LogP contribution is 2.36. The number of aryl methyl sites for hydroxylation is 4. The van der Waals surface area contributed by atoms with E-state index in [1.54, 1.807) is 101 Å². The highest BCUT2D eigenvalue weighted by atomic mass is 19.1. The third kappa shape index (κ3) is 14.1. The summed E-state index contributed by atoms with van der Waals surface area (Å²) in [5, 5.41) is 17.5. The molecule has 22 aromatic rings. The minimum Gasteiger partial charge on any atom is -0.275 e. The molecule has 22 rings (SSSR count). The Kier molecular flexibility index (Phi) is 18.8. The monoisotopic (exact) mass is 1570 g/mol. The van der Waals surface area contributed by atoms with Gasteiger partial charge in [-0.1, -0.05) is 60.7 Å². The average Bonchev–Trinajstić information content (AvgIpc) is 0.879. The Hall–Kier alpha value is -16.5. The number of hydrogen-bond acceptors (Lipinski definition) is 16. The van der Waals surface area contributed by atoms with E-state index in [0.29, 0.717) is 22.4 Å². The zero-order valence-electron chi connectivity index (χ0n) is 64.5. The lowest BCUT2D eigenvalue weighted by atomic mass is 10.0. The number of pyridine rings is 14. The molecule has 0 fully saturated rings. The molecule has 24 heteroatoms. The van der Waals surface area contributed by atoms with Crippen molar-refractivity contribution in [2.75, 3.05) is 0 Å². The Morgan fingerprint density at radius 1 is 0.242 bits per heavy atom. The first-order valence-corrected chi connectivity index (χ1v) is 38.1. The minimum atomic E-state index is -0.598. The molecule has 22 nitrogen and oxygen atoms in total. The predicted molar refractivity (Wildman–Crippen MR) is 466 cm³/mol. The van der Waals surface area contributed by atoms with Gasteiger partial charge in [0.1, 0.15) is 0 Å². The summed E-state index contributed by atoms with van der Waals surface area (Å²) in [7, 11) is 3.75. The zero-order valence-corrected chi connectivity index (χ0v) is 64.5. The summed E-state index contributed by atoms with van der Waals surface area (Å²) in [6.07, 6.45) is 24.5. The largest absolute Gasteiger partial charge is 0.275 e. The van der Waals surface area contributed by atoms with E-state index >= 15 is 0 Å². The molecule has 0 atom stereocenters. The predicted octanol–water partition coefficient (Wildman–Crippen LogP) is 17.9. The summed E-state index contributed by atoms with van der Waals surface area (Å²) in [4.78, 5) is 95.0. The maximum atomic E-state index is 13.4. The fourth-order valence-corrected chi connectivity index (χ4v) is 15.2. The molecule has 0 unspecified atom stereocenters. The molecule has 16 aromatic heterocycles. The second-order valence-corrected chi connectivity index (χ2v) is 28.8. The van der Waals surface area contributed by atoms with Gasteiger partial charge in [0, 0.05) is 175 Å². The molecule has 0 aliphatic carbocycles. The molecule has 0 aliphatic rings. The van der Waals surface area contributed by atoms with Crippen molar-refractivity contribution in [3.05, 3.63) is 382 Å². The molecule has 0 N–H and O–H groups in total. The molecule has 0 radical (unpaired) electrons. The van der Waals surface area contributed by atoms with Crippen LogP contribution in [0.2, 0.25) is 0 Å². The maximum Gasteiger partial charge on any atom is 0.255 e. The quantitative estimate of drug-likeness (QED) is 0.101. The molecular formula is C96H64F2N18O4. The molecule has 0 aliphatic heterocycles. The van der Waals surface area contributed by atoms with Crippen LogP contribution in [0.25, 0.3) is 176 Å². The van der Waals surface area contributed by atoms with Gasteiger partial charge in [0.15, 0.2) is 0 Å². The molecule has 0 bridgehead atoms. The Bertz CT molecular complexity index is 7640. The normalized spacial score (nSPS) is 11.4. The number of halogens is 2. The van der Waals surface area contributed by atoms with Gasteiger partial charge >= 0.3 is 0 Å². The molecule has 120 heavy (non-hydrogen) atoms. The lowest BCUT2D eigenvalue weighted by molar-refractivity contribution is 0.582. The third-order valence-corrected chi connectivity index (χ3v) is 21.0. The molecule has 0 spiro atoms. The van der Waals surface area contributed by atoms with Gasteiger partial charge in [-0.2, -0.15) is 19.0 Å². The van der Waals surface area contributed by atoms with Gasteiger partial charge in [0.2, 0.25) is 11.9 Å². The van der Waals surface area contributed by atoms with Gasteiger partial charge in [-0.25, -0.2) is 9.97 Å². The van der Waals surface area contributed by atoms with E-state index in [4.69, 9.17) is 0 Å². The van der Waals surface area contributed by atoms with Crippen molar-refractivity contribution in [3.63, 3.8) is 0 Å². The van der Waals surface area contributed by atoms with Gasteiger partial charge in [0.05, 0.1) is 115 Å². The SMILES string of the molecule is Cc1ccc(-n2c(=O)ccc3cnc4ccc(-c5cnc6ccccc6c5)cc4c32)cn1.Cc1ccc(-n2c(=O)ccc3cnc4ccc(-c5cnn(C)c5)cc4c32)cn1.Cn1cc(-c2ccc3ncc4ccc(=O)n(-c5ccc(F)nc5)c4c3c2)cn1.O=c1ccc2cnc3ccc(-c4cnc5ccccc5c4)cc3c2n1-c1ccc(F)nc1. The van der Waals surface area contributed by atoms with Crippen molar-refractivity contribution in [2.45, 2.75) is 13.8 Å². The van der Waals surface area contributed by atoms with Crippen LogP contribution in [0, 0.1) is 25.7 Å². The topological polar surface area (TPSA) is 253 Å².